The van der Waals surface area contributed by atoms with E-state index in [9.17, 15) is 0 Å². The second kappa shape index (κ2) is 4.98. The third kappa shape index (κ3) is 2.48. The molecule has 1 fully saturated rings. The van der Waals surface area contributed by atoms with E-state index in [-0.39, 0.29) is 5.84 Å². The molecule has 1 saturated heterocycles. The standard InChI is InChI=1S/C14H22N4/c1-10-8-18(9-13(10)17(2)3)12-6-4-11(5-7-12)14(15)16/h4-7,10,13H,8-9H2,1-3H3,(H3,15,16). The van der Waals surface area contributed by atoms with Gasteiger partial charge in [0.25, 0.3) is 0 Å². The van der Waals surface area contributed by atoms with Crippen molar-refractivity contribution in [3.05, 3.63) is 29.8 Å². The monoisotopic (exact) mass is 246 g/mol. The van der Waals surface area contributed by atoms with E-state index in [2.05, 4.69) is 43.0 Å². The number of rotatable bonds is 3. The van der Waals surface area contributed by atoms with Crippen molar-refractivity contribution in [3.8, 4) is 0 Å². The first-order chi connectivity index (χ1) is 8.49. The maximum atomic E-state index is 7.39. The molecule has 1 aromatic carbocycles. The summed E-state index contributed by atoms with van der Waals surface area (Å²) in [5.74, 6) is 0.801. The van der Waals surface area contributed by atoms with Gasteiger partial charge in [0.1, 0.15) is 5.84 Å². The summed E-state index contributed by atoms with van der Waals surface area (Å²) >= 11 is 0. The topological polar surface area (TPSA) is 56.4 Å². The van der Waals surface area contributed by atoms with Crippen molar-refractivity contribution in [1.82, 2.24) is 4.90 Å². The van der Waals surface area contributed by atoms with E-state index in [0.29, 0.717) is 12.0 Å². The molecule has 0 radical (unpaired) electrons. The van der Waals surface area contributed by atoms with Gasteiger partial charge in [-0.3, -0.25) is 5.41 Å². The predicted octanol–water partition coefficient (Wildman–Crippen LogP) is 1.36. The molecule has 2 unspecified atom stereocenters. The number of nitrogens with zero attached hydrogens (tertiary/aromatic N) is 2. The average Bonchev–Trinajstić information content (AvgIpc) is 2.71. The molecule has 0 saturated carbocycles. The Bertz CT molecular complexity index is 424. The quantitative estimate of drug-likeness (QED) is 0.625. The lowest BCUT2D eigenvalue weighted by atomic mass is 10.1. The van der Waals surface area contributed by atoms with Crippen molar-refractivity contribution in [2.75, 3.05) is 32.1 Å². The maximum Gasteiger partial charge on any atom is 0.122 e. The van der Waals surface area contributed by atoms with Crippen molar-refractivity contribution < 1.29 is 0 Å². The highest BCUT2D eigenvalue weighted by Gasteiger charge is 2.30. The minimum absolute atomic E-state index is 0.127. The average molecular weight is 246 g/mol. The van der Waals surface area contributed by atoms with Crippen molar-refractivity contribution >= 4 is 11.5 Å². The minimum Gasteiger partial charge on any atom is -0.384 e. The number of hydrogen-bond acceptors (Lipinski definition) is 3. The van der Waals surface area contributed by atoms with E-state index in [1.165, 1.54) is 5.69 Å². The molecule has 1 aromatic rings. The largest absolute Gasteiger partial charge is 0.384 e. The summed E-state index contributed by atoms with van der Waals surface area (Å²) in [4.78, 5) is 4.70. The van der Waals surface area contributed by atoms with Gasteiger partial charge in [-0.2, -0.15) is 0 Å². The first-order valence-electron chi connectivity index (χ1n) is 6.35. The summed E-state index contributed by atoms with van der Waals surface area (Å²) in [7, 11) is 4.28. The molecule has 98 valence electrons. The van der Waals surface area contributed by atoms with Crippen LogP contribution in [0, 0.1) is 11.3 Å². The number of benzene rings is 1. The molecule has 1 aliphatic rings. The van der Waals surface area contributed by atoms with Crippen LogP contribution in [0.4, 0.5) is 5.69 Å². The fourth-order valence-electron chi connectivity index (χ4n) is 2.68. The molecule has 1 aliphatic heterocycles. The molecule has 0 amide bonds. The Labute approximate surface area is 109 Å². The fraction of sp³-hybridized carbons (Fsp3) is 0.500. The molecule has 4 heteroatoms. The second-order valence-corrected chi connectivity index (χ2v) is 5.37. The van der Waals surface area contributed by atoms with Crippen LogP contribution >= 0.6 is 0 Å². The Morgan fingerprint density at radius 2 is 1.89 bits per heavy atom. The van der Waals surface area contributed by atoms with E-state index in [1.54, 1.807) is 0 Å². The van der Waals surface area contributed by atoms with Crippen LogP contribution in [0.15, 0.2) is 24.3 Å². The molecular weight excluding hydrogens is 224 g/mol. The van der Waals surface area contributed by atoms with Gasteiger partial charge in [0.05, 0.1) is 0 Å². The van der Waals surface area contributed by atoms with Gasteiger partial charge < -0.3 is 15.5 Å². The first-order valence-corrected chi connectivity index (χ1v) is 6.35. The number of nitrogen functional groups attached to an aromatic ring is 1. The van der Waals surface area contributed by atoms with Crippen molar-refractivity contribution in [2.45, 2.75) is 13.0 Å². The van der Waals surface area contributed by atoms with Gasteiger partial charge >= 0.3 is 0 Å². The normalized spacial score (nSPS) is 23.7. The predicted molar refractivity (Wildman–Crippen MR) is 76.3 cm³/mol. The van der Waals surface area contributed by atoms with Crippen LogP contribution in [-0.2, 0) is 0 Å². The Morgan fingerprint density at radius 3 is 2.33 bits per heavy atom. The smallest absolute Gasteiger partial charge is 0.122 e. The van der Waals surface area contributed by atoms with E-state index in [0.717, 1.165) is 18.7 Å². The zero-order chi connectivity index (χ0) is 13.3. The molecule has 3 N–H and O–H groups in total. The van der Waals surface area contributed by atoms with Crippen LogP contribution in [-0.4, -0.2) is 44.0 Å². The van der Waals surface area contributed by atoms with Gasteiger partial charge in [0.2, 0.25) is 0 Å². The van der Waals surface area contributed by atoms with Crippen molar-refractivity contribution in [2.24, 2.45) is 11.7 Å². The Morgan fingerprint density at radius 1 is 1.28 bits per heavy atom. The molecular formula is C14H22N4. The molecule has 4 nitrogen and oxygen atoms in total. The molecule has 1 heterocycles. The van der Waals surface area contributed by atoms with E-state index >= 15 is 0 Å². The zero-order valence-corrected chi connectivity index (χ0v) is 11.4. The van der Waals surface area contributed by atoms with E-state index < -0.39 is 0 Å². The molecule has 0 spiro atoms. The van der Waals surface area contributed by atoms with Crippen LogP contribution in [0.1, 0.15) is 12.5 Å². The SMILES string of the molecule is CC1CN(c2ccc(C(=N)N)cc2)CC1N(C)C. The fourth-order valence-corrected chi connectivity index (χ4v) is 2.68. The van der Waals surface area contributed by atoms with Gasteiger partial charge in [0.15, 0.2) is 0 Å². The highest BCUT2D eigenvalue weighted by Crippen LogP contribution is 2.26. The van der Waals surface area contributed by atoms with Gasteiger partial charge in [-0.25, -0.2) is 0 Å². The second-order valence-electron chi connectivity index (χ2n) is 5.37. The van der Waals surface area contributed by atoms with E-state index in [4.69, 9.17) is 11.1 Å². The Balaban J connectivity index is 2.11. The highest BCUT2D eigenvalue weighted by molar-refractivity contribution is 5.95. The Kier molecular flexibility index (Phi) is 3.57. The number of hydrogen-bond donors (Lipinski definition) is 2. The van der Waals surface area contributed by atoms with Crippen LogP contribution in [0.3, 0.4) is 0 Å². The van der Waals surface area contributed by atoms with Gasteiger partial charge in [-0.15, -0.1) is 0 Å². The summed E-state index contributed by atoms with van der Waals surface area (Å²) in [5.41, 5.74) is 7.47. The van der Waals surface area contributed by atoms with Crippen LogP contribution < -0.4 is 10.6 Å². The molecule has 2 atom stereocenters. The van der Waals surface area contributed by atoms with Crippen molar-refractivity contribution in [3.63, 3.8) is 0 Å². The van der Waals surface area contributed by atoms with Crippen molar-refractivity contribution in [1.29, 1.82) is 5.41 Å². The Hall–Kier alpha value is -1.55. The molecule has 2 rings (SSSR count). The molecule has 0 aromatic heterocycles. The summed E-state index contributed by atoms with van der Waals surface area (Å²) in [6.07, 6.45) is 0. The third-order valence-corrected chi connectivity index (χ3v) is 3.78. The summed E-state index contributed by atoms with van der Waals surface area (Å²) in [6.45, 7) is 4.45. The number of anilines is 1. The molecule has 0 aliphatic carbocycles. The number of nitrogens with one attached hydrogen (secondary N) is 1. The highest BCUT2D eigenvalue weighted by atomic mass is 15.2. The molecule has 0 bridgehead atoms. The molecule has 18 heavy (non-hydrogen) atoms. The van der Waals surface area contributed by atoms with Crippen LogP contribution in [0.2, 0.25) is 0 Å². The summed E-state index contributed by atoms with van der Waals surface area (Å²) < 4.78 is 0. The number of amidine groups is 1. The van der Waals surface area contributed by atoms with Gasteiger partial charge in [0, 0.05) is 30.4 Å². The number of nitrogens with two attached hydrogens (primary N) is 1. The summed E-state index contributed by atoms with van der Waals surface area (Å²) in [5, 5.41) is 7.39. The lowest BCUT2D eigenvalue weighted by molar-refractivity contribution is 0.266. The first kappa shape index (κ1) is 12.9. The minimum atomic E-state index is 0.127. The lowest BCUT2D eigenvalue weighted by Crippen LogP contribution is -2.34. The van der Waals surface area contributed by atoms with Gasteiger partial charge in [-0.05, 0) is 44.3 Å². The summed E-state index contributed by atoms with van der Waals surface area (Å²) in [6, 6.07) is 8.57. The van der Waals surface area contributed by atoms with E-state index in [1.807, 2.05) is 12.1 Å². The van der Waals surface area contributed by atoms with Gasteiger partial charge in [-0.1, -0.05) is 6.92 Å². The zero-order valence-electron chi connectivity index (χ0n) is 11.4. The lowest BCUT2D eigenvalue weighted by Gasteiger charge is -2.23. The maximum absolute atomic E-state index is 7.39. The van der Waals surface area contributed by atoms with Crippen LogP contribution in [0.5, 0.6) is 0 Å². The number of likely N-dealkylation sites (N-methyl/N-ethyl adjacent to an activating group) is 1. The van der Waals surface area contributed by atoms with Crippen LogP contribution in [0.25, 0.3) is 0 Å². The third-order valence-electron chi connectivity index (χ3n) is 3.78.